The number of carbonyl (C=O) groups excluding carboxylic acids is 1. The number of pyridine rings is 1. The van der Waals surface area contributed by atoms with Crippen LogP contribution in [0.3, 0.4) is 0 Å². The largest absolute Gasteiger partial charge is 0.381 e. The van der Waals surface area contributed by atoms with Gasteiger partial charge < -0.3 is 9.64 Å². The zero-order valence-corrected chi connectivity index (χ0v) is 22.4. The van der Waals surface area contributed by atoms with Crippen LogP contribution in [-0.4, -0.2) is 42.1 Å². The molecule has 1 aliphatic carbocycles. The molecule has 174 valence electrons. The highest BCUT2D eigenvalue weighted by Crippen LogP contribution is 2.46. The first-order valence-corrected chi connectivity index (χ1v) is 13.6. The van der Waals surface area contributed by atoms with E-state index in [1.165, 1.54) is 28.0 Å². The number of likely N-dealkylation sites (tertiary alicyclic amines) is 1. The third-order valence-electron chi connectivity index (χ3n) is 7.20. The van der Waals surface area contributed by atoms with Crippen molar-refractivity contribution in [2.45, 2.75) is 44.4 Å². The number of aromatic nitrogens is 1. The van der Waals surface area contributed by atoms with Crippen LogP contribution in [-0.2, 0) is 22.4 Å². The third-order valence-corrected chi connectivity index (χ3v) is 8.51. The molecule has 0 N–H and O–H groups in total. The second-order valence-corrected chi connectivity index (χ2v) is 11.4. The van der Waals surface area contributed by atoms with Gasteiger partial charge in [0.15, 0.2) is 0 Å². The van der Waals surface area contributed by atoms with Crippen molar-refractivity contribution in [2.24, 2.45) is 5.92 Å². The van der Waals surface area contributed by atoms with E-state index in [2.05, 4.69) is 44.0 Å². The molecule has 33 heavy (non-hydrogen) atoms. The molecule has 0 unspecified atom stereocenters. The smallest absolute Gasteiger partial charge is 0.246 e. The number of piperidine rings is 1. The normalized spacial score (nSPS) is 21.2. The minimum Gasteiger partial charge on any atom is -0.381 e. The van der Waals surface area contributed by atoms with E-state index in [0.29, 0.717) is 5.92 Å². The highest BCUT2D eigenvalue weighted by Gasteiger charge is 2.36. The van der Waals surface area contributed by atoms with Crippen LogP contribution >= 0.6 is 43.5 Å². The summed E-state index contributed by atoms with van der Waals surface area (Å²) in [5, 5.41) is 0.765. The number of ether oxygens (including phenoxy) is 1. The molecule has 1 amide bonds. The highest BCUT2D eigenvalue weighted by atomic mass is 79.9. The molecule has 2 aromatic rings. The van der Waals surface area contributed by atoms with Crippen LogP contribution < -0.4 is 0 Å². The van der Waals surface area contributed by atoms with Gasteiger partial charge in [0, 0.05) is 45.2 Å². The average molecular weight is 595 g/mol. The predicted molar refractivity (Wildman–Crippen MR) is 138 cm³/mol. The molecule has 0 spiro atoms. The van der Waals surface area contributed by atoms with Crippen molar-refractivity contribution >= 4 is 49.4 Å². The first-order valence-electron chi connectivity index (χ1n) is 11.7. The topological polar surface area (TPSA) is 42.4 Å². The van der Waals surface area contributed by atoms with Gasteiger partial charge in [0.2, 0.25) is 5.91 Å². The summed E-state index contributed by atoms with van der Waals surface area (Å²) in [4.78, 5) is 19.8. The van der Waals surface area contributed by atoms with E-state index in [1.807, 2.05) is 23.2 Å². The van der Waals surface area contributed by atoms with Gasteiger partial charge in [0.25, 0.3) is 0 Å². The lowest BCUT2D eigenvalue weighted by Crippen LogP contribution is -2.39. The van der Waals surface area contributed by atoms with Crippen LogP contribution in [0.4, 0.5) is 0 Å². The van der Waals surface area contributed by atoms with Crippen molar-refractivity contribution in [3.8, 4) is 0 Å². The van der Waals surface area contributed by atoms with Crippen LogP contribution in [0.5, 0.6) is 0 Å². The quantitative estimate of drug-likeness (QED) is 0.375. The summed E-state index contributed by atoms with van der Waals surface area (Å²) in [6.45, 7) is 3.02. The maximum atomic E-state index is 12.9. The molecule has 1 aromatic heterocycles. The Balaban J connectivity index is 1.42. The summed E-state index contributed by atoms with van der Waals surface area (Å²) in [7, 11) is 0. The number of amides is 1. The molecule has 1 aromatic carbocycles. The van der Waals surface area contributed by atoms with Gasteiger partial charge in [-0.2, -0.15) is 0 Å². The lowest BCUT2D eigenvalue weighted by Gasteiger charge is -2.37. The van der Waals surface area contributed by atoms with Crippen LogP contribution in [0.15, 0.2) is 45.0 Å². The number of rotatable bonds is 2. The summed E-state index contributed by atoms with van der Waals surface area (Å²) in [6, 6.07) is 6.35. The predicted octanol–water partition coefficient (Wildman–Crippen LogP) is 6.47. The number of carbonyl (C=O) groups is 1. The minimum atomic E-state index is 0.155. The average Bonchev–Trinajstić information content (AvgIpc) is 2.96. The highest BCUT2D eigenvalue weighted by molar-refractivity contribution is 9.10. The third kappa shape index (κ3) is 5.09. The van der Waals surface area contributed by atoms with Crippen LogP contribution in [0.2, 0.25) is 5.02 Å². The molecular formula is C26H27Br2ClN2O2. The van der Waals surface area contributed by atoms with Crippen LogP contribution in [0, 0.1) is 5.92 Å². The number of aryl methyl sites for hydroxylation is 2. The van der Waals surface area contributed by atoms with Crippen molar-refractivity contribution in [3.63, 3.8) is 0 Å². The van der Waals surface area contributed by atoms with E-state index in [1.54, 1.807) is 0 Å². The lowest BCUT2D eigenvalue weighted by atomic mass is 9.76. The van der Waals surface area contributed by atoms with Gasteiger partial charge in [-0.3, -0.25) is 9.78 Å². The van der Waals surface area contributed by atoms with Crippen molar-refractivity contribution in [1.82, 2.24) is 9.88 Å². The molecule has 4 nitrogen and oxygen atoms in total. The second-order valence-electron chi connectivity index (χ2n) is 9.21. The van der Waals surface area contributed by atoms with Gasteiger partial charge in [-0.1, -0.05) is 33.1 Å². The van der Waals surface area contributed by atoms with Gasteiger partial charge >= 0.3 is 0 Å². The first kappa shape index (κ1) is 23.5. The lowest BCUT2D eigenvalue weighted by molar-refractivity contribution is -0.127. The van der Waals surface area contributed by atoms with E-state index in [4.69, 9.17) is 21.3 Å². The van der Waals surface area contributed by atoms with Gasteiger partial charge in [0.1, 0.15) is 0 Å². The van der Waals surface area contributed by atoms with Gasteiger partial charge in [0.05, 0.1) is 18.9 Å². The fourth-order valence-corrected chi connectivity index (χ4v) is 7.03. The summed E-state index contributed by atoms with van der Waals surface area (Å²) in [6.07, 6.45) is 9.35. The minimum absolute atomic E-state index is 0.155. The van der Waals surface area contributed by atoms with E-state index in [9.17, 15) is 4.79 Å². The first-order chi connectivity index (χ1) is 16.0. The maximum Gasteiger partial charge on any atom is 0.246 e. The Morgan fingerprint density at radius 2 is 1.79 bits per heavy atom. The van der Waals surface area contributed by atoms with Crippen LogP contribution in [0.1, 0.15) is 54.0 Å². The Hall–Kier alpha value is -1.21. The summed E-state index contributed by atoms with van der Waals surface area (Å²) in [5.41, 5.74) is 6.32. The summed E-state index contributed by atoms with van der Waals surface area (Å²) < 4.78 is 7.50. The number of hydrogen-bond acceptors (Lipinski definition) is 3. The fraction of sp³-hybridized carbons (Fsp3) is 0.462. The van der Waals surface area contributed by atoms with E-state index in [-0.39, 0.29) is 11.8 Å². The molecule has 2 fully saturated rings. The molecule has 7 heteroatoms. The zero-order chi connectivity index (χ0) is 22.9. The molecule has 3 aliphatic rings. The molecule has 0 bridgehead atoms. The summed E-state index contributed by atoms with van der Waals surface area (Å²) in [5.74, 6) is 0.775. The maximum absolute atomic E-state index is 12.9. The van der Waals surface area contributed by atoms with Gasteiger partial charge in [-0.05, 0) is 95.3 Å². The Kier molecular flexibility index (Phi) is 7.26. The fourth-order valence-electron chi connectivity index (χ4n) is 5.53. The van der Waals surface area contributed by atoms with Crippen molar-refractivity contribution in [2.75, 3.05) is 26.3 Å². The number of halogens is 3. The zero-order valence-electron chi connectivity index (χ0n) is 18.5. The number of benzene rings is 1. The van der Waals surface area contributed by atoms with E-state index in [0.717, 1.165) is 78.8 Å². The standard InChI is InChI=1S/C26H27Br2ClN2O2/c27-20-12-19-2-1-18-13-21(29)14-22(28)24(18)25(26(19)30-15-20)17-3-7-31(8-4-17)23(32)11-16-5-9-33-10-6-16/h11-15,17,25H,1-10H2/t25-/m1/s1. The van der Waals surface area contributed by atoms with Gasteiger partial charge in [-0.15, -0.1) is 0 Å². The molecule has 3 heterocycles. The molecule has 1 atom stereocenters. The molecule has 0 radical (unpaired) electrons. The molecule has 0 saturated carbocycles. The Bertz CT molecular complexity index is 1090. The van der Waals surface area contributed by atoms with Crippen molar-refractivity contribution in [3.05, 3.63) is 72.4 Å². The van der Waals surface area contributed by atoms with E-state index < -0.39 is 0 Å². The Labute approximate surface area is 217 Å². The summed E-state index contributed by atoms with van der Waals surface area (Å²) >= 11 is 13.9. The number of fused-ring (bicyclic) bond motifs is 2. The monoisotopic (exact) mass is 592 g/mol. The van der Waals surface area contributed by atoms with Crippen molar-refractivity contribution < 1.29 is 9.53 Å². The van der Waals surface area contributed by atoms with Crippen molar-refractivity contribution in [1.29, 1.82) is 0 Å². The molecule has 2 saturated heterocycles. The van der Waals surface area contributed by atoms with Gasteiger partial charge in [-0.25, -0.2) is 0 Å². The molecular weight excluding hydrogens is 568 g/mol. The number of hydrogen-bond donors (Lipinski definition) is 0. The second kappa shape index (κ2) is 10.2. The molecule has 5 rings (SSSR count). The number of nitrogens with zero attached hydrogens (tertiary/aromatic N) is 2. The van der Waals surface area contributed by atoms with E-state index >= 15 is 0 Å². The molecule has 2 aliphatic heterocycles. The van der Waals surface area contributed by atoms with Crippen LogP contribution in [0.25, 0.3) is 0 Å². The SMILES string of the molecule is O=C(C=C1CCOCC1)N1CCC([C@H]2c3ncc(Br)cc3CCc3cc(Cl)cc(Br)c32)CC1. The Morgan fingerprint density at radius 1 is 1.06 bits per heavy atom. The Morgan fingerprint density at radius 3 is 2.55 bits per heavy atom.